The van der Waals surface area contributed by atoms with Gasteiger partial charge in [0, 0.05) is 29.7 Å². The van der Waals surface area contributed by atoms with Crippen LogP contribution in [0.2, 0.25) is 0 Å². The summed E-state index contributed by atoms with van der Waals surface area (Å²) in [7, 11) is 1.58. The van der Waals surface area contributed by atoms with E-state index < -0.39 is 0 Å². The number of Topliss-reactive ketones (excluding diaryl/α,β-unsaturated/α-hetero) is 1. The van der Waals surface area contributed by atoms with E-state index in [-0.39, 0.29) is 23.2 Å². The Morgan fingerprint density at radius 1 is 1.00 bits per heavy atom. The number of ether oxygens (including phenoxy) is 2. The van der Waals surface area contributed by atoms with Crippen LogP contribution in [0, 0.1) is 5.41 Å². The third-order valence-corrected chi connectivity index (χ3v) is 7.72. The number of hydrogen-bond acceptors (Lipinski definition) is 5. The molecule has 5 nitrogen and oxygen atoms in total. The minimum absolute atomic E-state index is 0.112. The summed E-state index contributed by atoms with van der Waals surface area (Å²) in [6.07, 6.45) is 5.81. The first-order valence-electron chi connectivity index (χ1n) is 13.7. The lowest BCUT2D eigenvalue weighted by Gasteiger charge is -2.40. The molecule has 5 heteroatoms. The van der Waals surface area contributed by atoms with Crippen molar-refractivity contribution in [3.8, 4) is 11.5 Å². The highest BCUT2D eigenvalue weighted by Crippen LogP contribution is 2.52. The van der Waals surface area contributed by atoms with Gasteiger partial charge >= 0.3 is 5.97 Å². The summed E-state index contributed by atoms with van der Waals surface area (Å²) < 4.78 is 11.3. The second-order valence-electron chi connectivity index (χ2n) is 11.3. The van der Waals surface area contributed by atoms with Gasteiger partial charge in [0.15, 0.2) is 17.3 Å². The molecule has 3 aromatic carbocycles. The largest absolute Gasteiger partial charge is 0.493 e. The topological polar surface area (TPSA) is 64.6 Å². The molecular weight excluding hydrogens is 474 g/mol. The quantitative estimate of drug-likeness (QED) is 0.188. The maximum Gasteiger partial charge on any atom is 0.311 e. The van der Waals surface area contributed by atoms with Crippen molar-refractivity contribution < 1.29 is 19.1 Å². The molecule has 38 heavy (non-hydrogen) atoms. The Balaban J connectivity index is 1.52. The first kappa shape index (κ1) is 26.0. The number of esters is 1. The van der Waals surface area contributed by atoms with Gasteiger partial charge in [0.2, 0.25) is 0 Å². The molecule has 0 aromatic heterocycles. The van der Waals surface area contributed by atoms with Gasteiger partial charge in [-0.2, -0.15) is 0 Å². The summed E-state index contributed by atoms with van der Waals surface area (Å²) in [5.74, 6) is 0.817. The molecule has 198 valence electrons. The van der Waals surface area contributed by atoms with Gasteiger partial charge in [0.25, 0.3) is 0 Å². The smallest absolute Gasteiger partial charge is 0.311 e. The number of carbonyl (C=O) groups excluding carboxylic acids is 2. The molecular formula is C33H37NO4. The Hall–Kier alpha value is -3.60. The molecule has 2 aliphatic rings. The SMILES string of the molecule is CCCCCCC(=O)Oc1ccc([C@H]2Nc3ccc4ccccc4c3C3=C2C(=O)CC(C)(C)C3)cc1OC. The molecule has 1 N–H and O–H groups in total. The van der Waals surface area contributed by atoms with Crippen molar-refractivity contribution in [1.82, 2.24) is 0 Å². The molecule has 1 heterocycles. The Kier molecular flexibility index (Phi) is 7.29. The summed E-state index contributed by atoms with van der Waals surface area (Å²) >= 11 is 0. The lowest BCUT2D eigenvalue weighted by molar-refractivity contribution is -0.134. The van der Waals surface area contributed by atoms with E-state index in [1.165, 1.54) is 0 Å². The van der Waals surface area contributed by atoms with Crippen LogP contribution in [0.3, 0.4) is 0 Å². The Bertz CT molecular complexity index is 1420. The normalized spacial score (nSPS) is 18.0. The number of carbonyl (C=O) groups is 2. The lowest BCUT2D eigenvalue weighted by atomic mass is 9.68. The molecule has 0 amide bonds. The van der Waals surface area contributed by atoms with Crippen LogP contribution < -0.4 is 14.8 Å². The molecule has 1 atom stereocenters. The third-order valence-electron chi connectivity index (χ3n) is 7.72. The van der Waals surface area contributed by atoms with E-state index in [9.17, 15) is 9.59 Å². The standard InChI is InChI=1S/C33H37NO4/c1-5-6-7-8-13-29(36)38-27-17-15-22(18-28(27)37-4)32-31-24(19-33(2,3)20-26(31)35)30-23-12-10-9-11-21(23)14-16-25(30)34-32/h9-12,14-18,32,34H,5-8,13,19-20H2,1-4H3/t32-/m1/s1. The molecule has 5 rings (SSSR count). The van der Waals surface area contributed by atoms with Crippen LogP contribution in [0.5, 0.6) is 11.5 Å². The van der Waals surface area contributed by atoms with Crippen LogP contribution >= 0.6 is 0 Å². The molecule has 0 unspecified atom stereocenters. The minimum Gasteiger partial charge on any atom is -0.493 e. The number of anilines is 1. The first-order chi connectivity index (χ1) is 18.3. The Morgan fingerprint density at radius 3 is 2.61 bits per heavy atom. The van der Waals surface area contributed by atoms with Gasteiger partial charge in [0.05, 0.1) is 13.2 Å². The fourth-order valence-electron chi connectivity index (χ4n) is 5.91. The van der Waals surface area contributed by atoms with Crippen LogP contribution in [0.1, 0.15) is 82.9 Å². The number of rotatable bonds is 8. The molecule has 0 bridgehead atoms. The minimum atomic E-state index is -0.310. The van der Waals surface area contributed by atoms with E-state index in [4.69, 9.17) is 9.47 Å². The zero-order valence-electron chi connectivity index (χ0n) is 22.9. The first-order valence-corrected chi connectivity index (χ1v) is 13.7. The molecule has 0 radical (unpaired) electrons. The van der Waals surface area contributed by atoms with E-state index in [2.05, 4.69) is 56.4 Å². The highest BCUT2D eigenvalue weighted by atomic mass is 16.6. The highest BCUT2D eigenvalue weighted by molar-refractivity contribution is 6.12. The average molecular weight is 512 g/mol. The summed E-state index contributed by atoms with van der Waals surface area (Å²) in [5.41, 5.74) is 4.91. The molecule has 1 aliphatic carbocycles. The molecule has 1 aliphatic heterocycles. The van der Waals surface area contributed by atoms with Gasteiger partial charge < -0.3 is 14.8 Å². The van der Waals surface area contributed by atoms with Gasteiger partial charge in [-0.05, 0) is 58.4 Å². The van der Waals surface area contributed by atoms with Gasteiger partial charge in [-0.25, -0.2) is 0 Å². The van der Waals surface area contributed by atoms with Crippen molar-refractivity contribution in [3.63, 3.8) is 0 Å². The second-order valence-corrected chi connectivity index (χ2v) is 11.3. The number of unbranched alkanes of at least 4 members (excludes halogenated alkanes) is 3. The molecule has 0 saturated heterocycles. The molecule has 0 fully saturated rings. The predicted octanol–water partition coefficient (Wildman–Crippen LogP) is 8.03. The van der Waals surface area contributed by atoms with E-state index in [0.717, 1.165) is 70.8 Å². The summed E-state index contributed by atoms with van der Waals surface area (Å²) in [4.78, 5) is 26.1. The third kappa shape index (κ3) is 5.07. The van der Waals surface area contributed by atoms with Gasteiger partial charge in [-0.15, -0.1) is 0 Å². The van der Waals surface area contributed by atoms with E-state index in [1.807, 2.05) is 18.2 Å². The molecule has 0 saturated carbocycles. The van der Waals surface area contributed by atoms with Crippen LogP contribution in [-0.4, -0.2) is 18.9 Å². The monoisotopic (exact) mass is 511 g/mol. The van der Waals surface area contributed by atoms with E-state index in [0.29, 0.717) is 24.3 Å². The van der Waals surface area contributed by atoms with Crippen molar-refractivity contribution in [1.29, 1.82) is 0 Å². The predicted molar refractivity (Wildman–Crippen MR) is 153 cm³/mol. The summed E-state index contributed by atoms with van der Waals surface area (Å²) in [6, 6.07) is 17.9. The zero-order chi connectivity index (χ0) is 26.9. The van der Waals surface area contributed by atoms with Crippen LogP contribution in [0.25, 0.3) is 16.3 Å². The number of nitrogens with one attached hydrogen (secondary N) is 1. The van der Waals surface area contributed by atoms with E-state index in [1.54, 1.807) is 13.2 Å². The average Bonchev–Trinajstić information content (AvgIpc) is 2.89. The van der Waals surface area contributed by atoms with Gasteiger partial charge in [-0.1, -0.05) is 76.4 Å². The van der Waals surface area contributed by atoms with Crippen LogP contribution in [0.4, 0.5) is 5.69 Å². The number of methoxy groups -OCH3 is 1. The number of allylic oxidation sites excluding steroid dienone is 1. The number of benzene rings is 3. The molecule has 0 spiro atoms. The molecule has 3 aromatic rings. The summed E-state index contributed by atoms with van der Waals surface area (Å²) in [6.45, 7) is 6.49. The number of hydrogen-bond donors (Lipinski definition) is 1. The van der Waals surface area contributed by atoms with E-state index >= 15 is 0 Å². The maximum absolute atomic E-state index is 13.7. The van der Waals surface area contributed by atoms with Crippen LogP contribution in [0.15, 0.2) is 60.2 Å². The highest BCUT2D eigenvalue weighted by Gasteiger charge is 2.41. The Labute approximate surface area is 225 Å². The van der Waals surface area contributed by atoms with Crippen molar-refractivity contribution in [2.75, 3.05) is 12.4 Å². The van der Waals surface area contributed by atoms with Crippen molar-refractivity contribution in [3.05, 3.63) is 71.3 Å². The van der Waals surface area contributed by atoms with Gasteiger partial charge in [-0.3, -0.25) is 9.59 Å². The van der Waals surface area contributed by atoms with Crippen molar-refractivity contribution in [2.24, 2.45) is 5.41 Å². The number of ketones is 1. The fraction of sp³-hybridized carbons (Fsp3) is 0.394. The zero-order valence-corrected chi connectivity index (χ0v) is 22.9. The van der Waals surface area contributed by atoms with Gasteiger partial charge in [0.1, 0.15) is 0 Å². The van der Waals surface area contributed by atoms with Crippen LogP contribution in [-0.2, 0) is 9.59 Å². The Morgan fingerprint density at radius 2 is 1.82 bits per heavy atom. The number of fused-ring (bicyclic) bond motifs is 4. The van der Waals surface area contributed by atoms with Crippen molar-refractivity contribution in [2.45, 2.75) is 71.8 Å². The second kappa shape index (κ2) is 10.6. The maximum atomic E-state index is 13.7. The fourth-order valence-corrected chi connectivity index (χ4v) is 5.91. The van der Waals surface area contributed by atoms with Crippen molar-refractivity contribution >= 4 is 33.8 Å². The lowest BCUT2D eigenvalue weighted by Crippen LogP contribution is -2.33. The summed E-state index contributed by atoms with van der Waals surface area (Å²) in [5, 5.41) is 6.00.